The van der Waals surface area contributed by atoms with E-state index in [1.165, 1.54) is 26.5 Å². The van der Waals surface area contributed by atoms with Crippen molar-refractivity contribution in [3.05, 3.63) is 41.7 Å². The van der Waals surface area contributed by atoms with Crippen molar-refractivity contribution < 1.29 is 19.1 Å². The van der Waals surface area contributed by atoms with Gasteiger partial charge in [0.1, 0.15) is 5.57 Å². The number of carbonyl (C=O) groups is 2. The molecule has 0 unspecified atom stereocenters. The fourth-order valence-corrected chi connectivity index (χ4v) is 1.61. The monoisotopic (exact) mass is 272 g/mol. The van der Waals surface area contributed by atoms with Crippen molar-refractivity contribution in [1.82, 2.24) is 9.97 Å². The van der Waals surface area contributed by atoms with Crippen LogP contribution in [0.5, 0.6) is 0 Å². The van der Waals surface area contributed by atoms with Crippen molar-refractivity contribution in [2.24, 2.45) is 0 Å². The van der Waals surface area contributed by atoms with Gasteiger partial charge in [0.05, 0.1) is 37.1 Å². The summed E-state index contributed by atoms with van der Waals surface area (Å²) in [5, 5.41) is 0. The van der Waals surface area contributed by atoms with Crippen LogP contribution in [0.4, 0.5) is 0 Å². The van der Waals surface area contributed by atoms with Crippen LogP contribution in [0.2, 0.25) is 0 Å². The molecule has 0 amide bonds. The van der Waals surface area contributed by atoms with Gasteiger partial charge in [-0.15, -0.1) is 0 Å². The van der Waals surface area contributed by atoms with Gasteiger partial charge in [0.2, 0.25) is 0 Å². The number of fused-ring (bicyclic) bond motifs is 1. The fraction of sp³-hybridized carbons (Fsp3) is 0.143. The van der Waals surface area contributed by atoms with E-state index >= 15 is 0 Å². The van der Waals surface area contributed by atoms with Crippen LogP contribution in [0.3, 0.4) is 0 Å². The van der Waals surface area contributed by atoms with E-state index in [9.17, 15) is 9.59 Å². The van der Waals surface area contributed by atoms with Crippen LogP contribution >= 0.6 is 0 Å². The van der Waals surface area contributed by atoms with Gasteiger partial charge in [-0.25, -0.2) is 14.6 Å². The molecule has 0 radical (unpaired) electrons. The number of benzene rings is 1. The first-order valence-electron chi connectivity index (χ1n) is 5.76. The highest BCUT2D eigenvalue weighted by molar-refractivity contribution is 6.17. The Morgan fingerprint density at radius 1 is 1.05 bits per heavy atom. The minimum atomic E-state index is -0.785. The molecule has 6 nitrogen and oxygen atoms in total. The largest absolute Gasteiger partial charge is 0.465 e. The first kappa shape index (κ1) is 13.7. The van der Waals surface area contributed by atoms with Gasteiger partial charge in [-0.1, -0.05) is 12.1 Å². The SMILES string of the molecule is COC(=O)C(=Cc1cnc2ccccc2n1)C(=O)OC. The molecule has 0 spiro atoms. The Morgan fingerprint density at radius 2 is 1.65 bits per heavy atom. The summed E-state index contributed by atoms with van der Waals surface area (Å²) in [4.78, 5) is 31.6. The summed E-state index contributed by atoms with van der Waals surface area (Å²) in [6.07, 6.45) is 2.76. The van der Waals surface area contributed by atoms with E-state index in [1.807, 2.05) is 18.2 Å². The smallest absolute Gasteiger partial charge is 0.345 e. The molecular weight excluding hydrogens is 260 g/mol. The average molecular weight is 272 g/mol. The molecule has 0 aliphatic rings. The van der Waals surface area contributed by atoms with Crippen molar-refractivity contribution >= 4 is 29.0 Å². The summed E-state index contributed by atoms with van der Waals surface area (Å²) in [7, 11) is 2.37. The number of hydrogen-bond acceptors (Lipinski definition) is 6. The van der Waals surface area contributed by atoms with Gasteiger partial charge in [0.25, 0.3) is 0 Å². The molecule has 0 atom stereocenters. The first-order valence-corrected chi connectivity index (χ1v) is 5.76. The Balaban J connectivity index is 2.47. The Hall–Kier alpha value is -2.76. The van der Waals surface area contributed by atoms with Crippen LogP contribution < -0.4 is 0 Å². The molecule has 0 saturated carbocycles. The lowest BCUT2D eigenvalue weighted by molar-refractivity contribution is -0.143. The normalized spacial score (nSPS) is 9.90. The molecule has 1 heterocycles. The van der Waals surface area contributed by atoms with E-state index < -0.39 is 11.9 Å². The maximum absolute atomic E-state index is 11.5. The van der Waals surface area contributed by atoms with Crippen LogP contribution in [0.25, 0.3) is 17.1 Å². The van der Waals surface area contributed by atoms with Gasteiger partial charge >= 0.3 is 11.9 Å². The molecule has 1 aromatic carbocycles. The molecule has 20 heavy (non-hydrogen) atoms. The predicted octanol–water partition coefficient (Wildman–Crippen LogP) is 1.36. The van der Waals surface area contributed by atoms with Crippen LogP contribution in [-0.4, -0.2) is 36.1 Å². The second-order valence-corrected chi connectivity index (χ2v) is 3.82. The van der Waals surface area contributed by atoms with Gasteiger partial charge in [0.15, 0.2) is 0 Å². The van der Waals surface area contributed by atoms with E-state index in [2.05, 4.69) is 19.4 Å². The number of carbonyl (C=O) groups excluding carboxylic acids is 2. The minimum Gasteiger partial charge on any atom is -0.465 e. The number of methoxy groups -OCH3 is 2. The number of para-hydroxylation sites is 2. The second kappa shape index (κ2) is 5.92. The molecular formula is C14H12N2O4. The second-order valence-electron chi connectivity index (χ2n) is 3.82. The quantitative estimate of drug-likeness (QED) is 0.363. The summed E-state index contributed by atoms with van der Waals surface area (Å²) in [6, 6.07) is 7.28. The van der Waals surface area contributed by atoms with Crippen LogP contribution in [0.15, 0.2) is 36.0 Å². The van der Waals surface area contributed by atoms with Crippen molar-refractivity contribution in [2.75, 3.05) is 14.2 Å². The number of hydrogen-bond donors (Lipinski definition) is 0. The minimum absolute atomic E-state index is 0.236. The summed E-state index contributed by atoms with van der Waals surface area (Å²) in [5.41, 5.74) is 1.52. The molecule has 1 aromatic heterocycles. The molecule has 0 saturated heterocycles. The zero-order valence-electron chi connectivity index (χ0n) is 11.0. The number of ether oxygens (including phenoxy) is 2. The van der Waals surface area contributed by atoms with E-state index in [-0.39, 0.29) is 5.57 Å². The highest BCUT2D eigenvalue weighted by Crippen LogP contribution is 2.12. The van der Waals surface area contributed by atoms with E-state index in [1.54, 1.807) is 6.07 Å². The zero-order chi connectivity index (χ0) is 14.5. The standard InChI is InChI=1S/C14H12N2O4/c1-19-13(17)10(14(18)20-2)7-9-8-15-11-5-3-4-6-12(11)16-9/h3-8H,1-2H3. The third-order valence-corrected chi connectivity index (χ3v) is 2.57. The van der Waals surface area contributed by atoms with Crippen molar-refractivity contribution in [2.45, 2.75) is 0 Å². The fourth-order valence-electron chi connectivity index (χ4n) is 1.61. The first-order chi connectivity index (χ1) is 9.65. The van der Waals surface area contributed by atoms with Gasteiger partial charge in [-0.05, 0) is 18.2 Å². The van der Waals surface area contributed by atoms with Crippen molar-refractivity contribution in [3.63, 3.8) is 0 Å². The predicted molar refractivity (Wildman–Crippen MR) is 71.5 cm³/mol. The third-order valence-electron chi connectivity index (χ3n) is 2.57. The zero-order valence-corrected chi connectivity index (χ0v) is 11.0. The Kier molecular flexibility index (Phi) is 4.05. The maximum Gasteiger partial charge on any atom is 0.345 e. The van der Waals surface area contributed by atoms with Gasteiger partial charge in [-0.2, -0.15) is 0 Å². The highest BCUT2D eigenvalue weighted by atomic mass is 16.5. The Labute approximate surface area is 115 Å². The molecule has 0 fully saturated rings. The number of aromatic nitrogens is 2. The molecule has 0 aliphatic carbocycles. The molecule has 0 aliphatic heterocycles. The van der Waals surface area contributed by atoms with E-state index in [4.69, 9.17) is 0 Å². The lowest BCUT2D eigenvalue weighted by Crippen LogP contribution is -2.15. The number of nitrogens with zero attached hydrogens (tertiary/aromatic N) is 2. The Morgan fingerprint density at radius 3 is 2.25 bits per heavy atom. The van der Waals surface area contributed by atoms with Gasteiger partial charge in [0, 0.05) is 0 Å². The average Bonchev–Trinajstić information content (AvgIpc) is 2.51. The molecule has 0 N–H and O–H groups in total. The summed E-state index contributed by atoms with van der Waals surface area (Å²) >= 11 is 0. The number of rotatable bonds is 3. The highest BCUT2D eigenvalue weighted by Gasteiger charge is 2.20. The van der Waals surface area contributed by atoms with Crippen molar-refractivity contribution in [3.8, 4) is 0 Å². The maximum atomic E-state index is 11.5. The van der Waals surface area contributed by atoms with Gasteiger partial charge < -0.3 is 9.47 Å². The number of esters is 2. The topological polar surface area (TPSA) is 78.4 Å². The van der Waals surface area contributed by atoms with E-state index in [0.29, 0.717) is 11.2 Å². The lowest BCUT2D eigenvalue weighted by Gasteiger charge is -2.03. The molecule has 2 rings (SSSR count). The van der Waals surface area contributed by atoms with Crippen LogP contribution in [0.1, 0.15) is 5.69 Å². The summed E-state index contributed by atoms with van der Waals surface area (Å²) in [5.74, 6) is -1.57. The third kappa shape index (κ3) is 2.80. The lowest BCUT2D eigenvalue weighted by atomic mass is 10.2. The summed E-state index contributed by atoms with van der Waals surface area (Å²) < 4.78 is 9.08. The molecule has 0 bridgehead atoms. The van der Waals surface area contributed by atoms with Gasteiger partial charge in [-0.3, -0.25) is 4.98 Å². The van der Waals surface area contributed by atoms with E-state index in [0.717, 1.165) is 5.52 Å². The Bertz CT molecular complexity index is 676. The van der Waals surface area contributed by atoms with Crippen LogP contribution in [0, 0.1) is 0 Å². The molecule has 2 aromatic rings. The molecule has 6 heteroatoms. The van der Waals surface area contributed by atoms with Crippen molar-refractivity contribution in [1.29, 1.82) is 0 Å². The summed E-state index contributed by atoms with van der Waals surface area (Å²) in [6.45, 7) is 0. The molecule has 102 valence electrons. The van der Waals surface area contributed by atoms with Crippen LogP contribution in [-0.2, 0) is 19.1 Å².